The van der Waals surface area contributed by atoms with E-state index in [1.54, 1.807) is 6.20 Å². The maximum atomic E-state index is 9.31. The third-order valence-corrected chi connectivity index (χ3v) is 2.72. The lowest BCUT2D eigenvalue weighted by molar-refractivity contribution is 0.276. The van der Waals surface area contributed by atoms with Crippen molar-refractivity contribution in [1.82, 2.24) is 9.78 Å². The zero-order valence-corrected chi connectivity index (χ0v) is 10.9. The maximum Gasteiger partial charge on any atom is 0.165 e. The Balaban J connectivity index is 2.22. The highest BCUT2D eigenvalue weighted by molar-refractivity contribution is 5.39. The molecule has 0 aliphatic heterocycles. The average molecular weight is 246 g/mol. The molecule has 2 aromatic rings. The Morgan fingerprint density at radius 3 is 2.78 bits per heavy atom. The number of rotatable bonds is 4. The molecule has 0 saturated carbocycles. The van der Waals surface area contributed by atoms with Crippen molar-refractivity contribution in [2.75, 3.05) is 0 Å². The number of benzene rings is 1. The zero-order valence-electron chi connectivity index (χ0n) is 10.9. The van der Waals surface area contributed by atoms with Gasteiger partial charge in [-0.3, -0.25) is 4.68 Å². The molecule has 0 atom stereocenters. The number of aliphatic hydroxyl groups is 1. The van der Waals surface area contributed by atoms with Crippen molar-refractivity contribution in [3.05, 3.63) is 41.7 Å². The van der Waals surface area contributed by atoms with Crippen molar-refractivity contribution in [3.63, 3.8) is 0 Å². The normalized spacial score (nSPS) is 10.9. The molecule has 0 spiro atoms. The molecular weight excluding hydrogens is 228 g/mol. The van der Waals surface area contributed by atoms with Crippen LogP contribution in [0, 0.1) is 6.92 Å². The van der Waals surface area contributed by atoms with Crippen LogP contribution < -0.4 is 4.74 Å². The van der Waals surface area contributed by atoms with Crippen LogP contribution in [0.25, 0.3) is 0 Å². The quantitative estimate of drug-likeness (QED) is 0.901. The van der Waals surface area contributed by atoms with E-state index < -0.39 is 0 Å². The number of aryl methyl sites for hydroxylation is 1. The Kier molecular flexibility index (Phi) is 3.67. The van der Waals surface area contributed by atoms with Gasteiger partial charge in [0.2, 0.25) is 0 Å². The summed E-state index contributed by atoms with van der Waals surface area (Å²) in [7, 11) is 0. The summed E-state index contributed by atoms with van der Waals surface area (Å²) < 4.78 is 7.58. The summed E-state index contributed by atoms with van der Waals surface area (Å²) in [5, 5.41) is 13.5. The van der Waals surface area contributed by atoms with Gasteiger partial charge < -0.3 is 9.84 Å². The Bertz CT molecular complexity index is 532. The van der Waals surface area contributed by atoms with E-state index in [1.165, 1.54) is 0 Å². The van der Waals surface area contributed by atoms with Crippen molar-refractivity contribution in [3.8, 4) is 11.5 Å². The summed E-state index contributed by atoms with van der Waals surface area (Å²) in [6.07, 6.45) is 3.53. The minimum atomic E-state index is -0.0324. The second kappa shape index (κ2) is 5.23. The molecule has 0 saturated heterocycles. The fourth-order valence-electron chi connectivity index (χ4n) is 1.71. The smallest absolute Gasteiger partial charge is 0.165 e. The summed E-state index contributed by atoms with van der Waals surface area (Å²) in [5.74, 6) is 1.36. The maximum absolute atomic E-state index is 9.31. The standard InChI is InChI=1S/C14H18N2O2/c1-10(2)16-8-13(7-15-16)18-14-5-4-11(3)6-12(14)9-17/h4-8,10,17H,9H2,1-3H3. The number of hydrogen-bond acceptors (Lipinski definition) is 3. The topological polar surface area (TPSA) is 47.3 Å². The van der Waals surface area contributed by atoms with Crippen molar-refractivity contribution in [2.45, 2.75) is 33.4 Å². The molecule has 0 fully saturated rings. The van der Waals surface area contributed by atoms with Crippen molar-refractivity contribution in [1.29, 1.82) is 0 Å². The average Bonchev–Trinajstić information content (AvgIpc) is 2.80. The molecule has 0 aliphatic carbocycles. The van der Waals surface area contributed by atoms with E-state index in [-0.39, 0.29) is 6.61 Å². The molecule has 0 bridgehead atoms. The van der Waals surface area contributed by atoms with E-state index in [0.717, 1.165) is 11.1 Å². The third kappa shape index (κ3) is 2.71. The first-order chi connectivity index (χ1) is 8.60. The molecule has 1 heterocycles. The van der Waals surface area contributed by atoms with Gasteiger partial charge in [-0.05, 0) is 26.8 Å². The molecular formula is C14H18N2O2. The second-order valence-electron chi connectivity index (χ2n) is 4.62. The number of hydrogen-bond donors (Lipinski definition) is 1. The van der Waals surface area contributed by atoms with Crippen LogP contribution in [0.2, 0.25) is 0 Å². The molecule has 1 N–H and O–H groups in total. The Morgan fingerprint density at radius 2 is 2.17 bits per heavy atom. The van der Waals surface area contributed by atoms with Crippen molar-refractivity contribution in [2.24, 2.45) is 0 Å². The van der Waals surface area contributed by atoms with Gasteiger partial charge in [-0.1, -0.05) is 17.7 Å². The van der Waals surface area contributed by atoms with Crippen molar-refractivity contribution < 1.29 is 9.84 Å². The zero-order chi connectivity index (χ0) is 13.1. The van der Waals surface area contributed by atoms with E-state index in [2.05, 4.69) is 18.9 Å². The highest BCUT2D eigenvalue weighted by atomic mass is 16.5. The largest absolute Gasteiger partial charge is 0.454 e. The predicted molar refractivity (Wildman–Crippen MR) is 69.8 cm³/mol. The second-order valence-corrected chi connectivity index (χ2v) is 4.62. The monoisotopic (exact) mass is 246 g/mol. The first-order valence-electron chi connectivity index (χ1n) is 6.02. The van der Waals surface area contributed by atoms with Crippen molar-refractivity contribution >= 4 is 0 Å². The van der Waals surface area contributed by atoms with Gasteiger partial charge in [0.15, 0.2) is 5.75 Å². The highest BCUT2D eigenvalue weighted by Crippen LogP contribution is 2.26. The van der Waals surface area contributed by atoms with Crippen LogP contribution in [-0.4, -0.2) is 14.9 Å². The van der Waals surface area contributed by atoms with Gasteiger partial charge in [0.05, 0.1) is 19.0 Å². The minimum absolute atomic E-state index is 0.0324. The third-order valence-electron chi connectivity index (χ3n) is 2.72. The lowest BCUT2D eigenvalue weighted by atomic mass is 10.1. The van der Waals surface area contributed by atoms with Gasteiger partial charge >= 0.3 is 0 Å². The molecule has 0 radical (unpaired) electrons. The van der Waals surface area contributed by atoms with E-state index in [4.69, 9.17) is 4.74 Å². The molecule has 0 amide bonds. The lowest BCUT2D eigenvalue weighted by Gasteiger charge is -2.09. The van der Waals surface area contributed by atoms with E-state index >= 15 is 0 Å². The summed E-state index contributed by atoms with van der Waals surface area (Å²) in [5.41, 5.74) is 1.89. The minimum Gasteiger partial charge on any atom is -0.454 e. The summed E-state index contributed by atoms with van der Waals surface area (Å²) in [6.45, 7) is 6.07. The van der Waals surface area contributed by atoms with Crippen LogP contribution in [0.3, 0.4) is 0 Å². The molecule has 0 unspecified atom stereocenters. The summed E-state index contributed by atoms with van der Waals surface area (Å²) in [4.78, 5) is 0. The van der Waals surface area contributed by atoms with Crippen LogP contribution in [0.5, 0.6) is 11.5 Å². The summed E-state index contributed by atoms with van der Waals surface area (Å²) >= 11 is 0. The number of aliphatic hydroxyl groups excluding tert-OH is 1. The van der Waals surface area contributed by atoms with Crippen LogP contribution >= 0.6 is 0 Å². The number of ether oxygens (including phenoxy) is 1. The Labute approximate surface area is 107 Å². The lowest BCUT2D eigenvalue weighted by Crippen LogP contribution is -1.99. The Hall–Kier alpha value is -1.81. The van der Waals surface area contributed by atoms with E-state index in [0.29, 0.717) is 17.5 Å². The van der Waals surface area contributed by atoms with E-state index in [1.807, 2.05) is 36.0 Å². The predicted octanol–water partition coefficient (Wildman–Crippen LogP) is 3.06. The van der Waals surface area contributed by atoms with E-state index in [9.17, 15) is 5.11 Å². The summed E-state index contributed by atoms with van der Waals surface area (Å²) in [6, 6.07) is 6.05. The highest BCUT2D eigenvalue weighted by Gasteiger charge is 2.07. The molecule has 4 heteroatoms. The fraction of sp³-hybridized carbons (Fsp3) is 0.357. The molecule has 4 nitrogen and oxygen atoms in total. The molecule has 2 rings (SSSR count). The number of aromatic nitrogens is 2. The van der Waals surface area contributed by atoms with Gasteiger partial charge in [0.1, 0.15) is 5.75 Å². The van der Waals surface area contributed by atoms with Gasteiger partial charge in [-0.2, -0.15) is 5.10 Å². The first kappa shape index (κ1) is 12.6. The van der Waals surface area contributed by atoms with Gasteiger partial charge in [-0.15, -0.1) is 0 Å². The van der Waals surface area contributed by atoms with Crippen LogP contribution in [0.15, 0.2) is 30.6 Å². The molecule has 96 valence electrons. The van der Waals surface area contributed by atoms with Gasteiger partial charge in [0.25, 0.3) is 0 Å². The molecule has 1 aromatic heterocycles. The fourth-order valence-corrected chi connectivity index (χ4v) is 1.71. The van der Waals surface area contributed by atoms with Crippen LogP contribution in [0.4, 0.5) is 0 Å². The molecule has 1 aromatic carbocycles. The van der Waals surface area contributed by atoms with Gasteiger partial charge in [-0.25, -0.2) is 0 Å². The Morgan fingerprint density at radius 1 is 1.39 bits per heavy atom. The molecule has 0 aliphatic rings. The SMILES string of the molecule is Cc1ccc(Oc2cnn(C(C)C)c2)c(CO)c1. The molecule has 18 heavy (non-hydrogen) atoms. The van der Waals surface area contributed by atoms with Crippen LogP contribution in [-0.2, 0) is 6.61 Å². The number of nitrogens with zero attached hydrogens (tertiary/aromatic N) is 2. The van der Waals surface area contributed by atoms with Crippen LogP contribution in [0.1, 0.15) is 31.0 Å². The van der Waals surface area contributed by atoms with Gasteiger partial charge in [0, 0.05) is 11.6 Å². The first-order valence-corrected chi connectivity index (χ1v) is 6.02.